The van der Waals surface area contributed by atoms with Crippen molar-refractivity contribution in [2.75, 3.05) is 0 Å². The van der Waals surface area contributed by atoms with Crippen molar-refractivity contribution in [3.05, 3.63) is 52.6 Å². The molecule has 0 spiro atoms. The first-order valence-electron chi connectivity index (χ1n) is 2.00. The first-order chi connectivity index (χ1) is 4.00. The molecule has 54 valence electrons. The van der Waals surface area contributed by atoms with E-state index in [0.717, 1.165) is 0 Å². The van der Waals surface area contributed by atoms with Gasteiger partial charge in [0.05, 0.1) is 0 Å². The number of rotatable bonds is 0. The second-order valence-electron chi connectivity index (χ2n) is 0. The van der Waals surface area contributed by atoms with Crippen molar-refractivity contribution in [3.8, 4) is 0 Å². The Morgan fingerprint density at radius 3 is 0.333 bits per heavy atom. The van der Waals surface area contributed by atoms with Gasteiger partial charge in [0.25, 0.3) is 0 Å². The van der Waals surface area contributed by atoms with Crippen LogP contribution in [0.4, 0.5) is 0 Å². The molecule has 0 rings (SSSR count). The van der Waals surface area contributed by atoms with E-state index in [0.29, 0.717) is 0 Å². The standard InChI is InChI=1S/4C2H4.Pb.2H/c4*1-2;;;/h4*1-2H2;;;. The van der Waals surface area contributed by atoms with Gasteiger partial charge in [-0.05, 0) is 0 Å². The summed E-state index contributed by atoms with van der Waals surface area (Å²) in [6.07, 6.45) is 0. The van der Waals surface area contributed by atoms with Gasteiger partial charge in [-0.25, -0.2) is 0 Å². The van der Waals surface area contributed by atoms with Gasteiger partial charge in [-0.15, -0.1) is 52.6 Å². The minimum atomic E-state index is 0. The van der Waals surface area contributed by atoms with Crippen LogP contribution in [0.15, 0.2) is 52.6 Å². The molecule has 0 aliphatic rings. The van der Waals surface area contributed by atoms with Gasteiger partial charge in [0, 0.05) is 0 Å². The molecule has 0 atom stereocenters. The molecule has 9 heavy (non-hydrogen) atoms. The predicted octanol–water partition coefficient (Wildman–Crippen LogP) is 2.29. The zero-order chi connectivity index (χ0) is 8.00. The Kier molecular flexibility index (Phi) is 109000. The molecule has 0 N–H and O–H groups in total. The van der Waals surface area contributed by atoms with Crippen LogP contribution in [0, 0.1) is 0 Å². The topological polar surface area (TPSA) is 0 Å². The van der Waals surface area contributed by atoms with E-state index in [1.165, 1.54) is 0 Å². The zero-order valence-corrected chi connectivity index (χ0v) is 11.9. The first-order valence-corrected chi connectivity index (χ1v) is 2.00. The van der Waals surface area contributed by atoms with Gasteiger partial charge in [0.15, 0.2) is 0 Å². The van der Waals surface area contributed by atoms with E-state index in [1.54, 1.807) is 0 Å². The van der Waals surface area contributed by atoms with Crippen molar-refractivity contribution in [1.82, 2.24) is 0 Å². The van der Waals surface area contributed by atoms with E-state index in [1.807, 2.05) is 0 Å². The number of hydrogen-bond acceptors (Lipinski definition) is 0. The summed E-state index contributed by atoms with van der Waals surface area (Å²) >= 11 is 0. The van der Waals surface area contributed by atoms with Gasteiger partial charge in [0.1, 0.15) is 0 Å². The van der Waals surface area contributed by atoms with Crippen LogP contribution >= 0.6 is 0 Å². The van der Waals surface area contributed by atoms with Crippen LogP contribution in [-0.2, 0) is 0 Å². The maximum atomic E-state index is 3.00. The normalized spacial score (nSPS) is 1.78. The van der Waals surface area contributed by atoms with Gasteiger partial charge in [-0.1, -0.05) is 0 Å². The molecule has 2 radical (unpaired) electrons. The Hall–Kier alpha value is -0.118. The van der Waals surface area contributed by atoms with Crippen molar-refractivity contribution in [1.29, 1.82) is 0 Å². The fraction of sp³-hybridized carbons (Fsp3) is 0. The summed E-state index contributed by atoms with van der Waals surface area (Å²) in [4.78, 5) is 0. The zero-order valence-electron chi connectivity index (χ0n) is 6.36. The van der Waals surface area contributed by atoms with Crippen LogP contribution < -0.4 is 0 Å². The predicted molar refractivity (Wildman–Crippen MR) is 53.6 cm³/mol. The fourth-order valence-corrected chi connectivity index (χ4v) is 0. The van der Waals surface area contributed by atoms with Crippen LogP contribution in [0.25, 0.3) is 0 Å². The quantitative estimate of drug-likeness (QED) is 0.474. The van der Waals surface area contributed by atoms with Gasteiger partial charge in [-0.3, -0.25) is 0 Å². The molecule has 1 heteroatoms. The molecule has 0 saturated heterocycles. The van der Waals surface area contributed by atoms with Crippen LogP contribution in [0.2, 0.25) is 0 Å². The Morgan fingerprint density at radius 1 is 0.333 bits per heavy atom. The molecular weight excluding hydrogens is 303 g/mol. The summed E-state index contributed by atoms with van der Waals surface area (Å²) in [5.41, 5.74) is 0. The maximum absolute atomic E-state index is 3.00. The monoisotopic (exact) mass is 322 g/mol. The molecule has 0 aliphatic carbocycles. The van der Waals surface area contributed by atoms with E-state index < -0.39 is 0 Å². The summed E-state index contributed by atoms with van der Waals surface area (Å²) in [5.74, 6) is 0. The van der Waals surface area contributed by atoms with Crippen LogP contribution in [0.3, 0.4) is 0 Å². The Labute approximate surface area is 79.8 Å². The van der Waals surface area contributed by atoms with Crippen LogP contribution in [0.5, 0.6) is 0 Å². The second kappa shape index (κ2) is 26800. The van der Waals surface area contributed by atoms with Crippen LogP contribution in [-0.4, -0.2) is 27.3 Å². The molecular formula is C8H18Pb. The molecule has 0 aromatic rings. The third-order valence-corrected chi connectivity index (χ3v) is 0. The molecule has 0 aromatic heterocycles. The Bertz CT molecular complexity index is 12.5. The SMILES string of the molecule is C=C.C=C.C=C.C=C.[PbH2]. The molecule has 0 unspecified atom stereocenters. The van der Waals surface area contributed by atoms with Gasteiger partial charge in [0.2, 0.25) is 0 Å². The third kappa shape index (κ3) is 19600. The Morgan fingerprint density at radius 2 is 0.333 bits per heavy atom. The van der Waals surface area contributed by atoms with Crippen LogP contribution in [0.1, 0.15) is 0 Å². The fourth-order valence-electron chi connectivity index (χ4n) is 0. The summed E-state index contributed by atoms with van der Waals surface area (Å²) in [6, 6.07) is 0. The average molecular weight is 321 g/mol. The summed E-state index contributed by atoms with van der Waals surface area (Å²) < 4.78 is 0. The molecule has 0 saturated carbocycles. The minimum absolute atomic E-state index is 0. The molecule has 0 bridgehead atoms. The van der Waals surface area contributed by atoms with Gasteiger partial charge < -0.3 is 0 Å². The average Bonchev–Trinajstić information content (AvgIpc) is 2.03. The molecule has 0 fully saturated rings. The van der Waals surface area contributed by atoms with Crippen molar-refractivity contribution in [2.24, 2.45) is 0 Å². The third-order valence-electron chi connectivity index (χ3n) is 0. The van der Waals surface area contributed by atoms with E-state index in [2.05, 4.69) is 52.6 Å². The molecule has 0 aromatic carbocycles. The second-order valence-corrected chi connectivity index (χ2v) is 0. The van der Waals surface area contributed by atoms with Crippen molar-refractivity contribution in [2.45, 2.75) is 0 Å². The van der Waals surface area contributed by atoms with E-state index in [4.69, 9.17) is 0 Å². The number of hydrogen-bond donors (Lipinski definition) is 0. The summed E-state index contributed by atoms with van der Waals surface area (Å²) in [6.45, 7) is 24.0. The van der Waals surface area contributed by atoms with Crippen molar-refractivity contribution >= 4 is 27.3 Å². The van der Waals surface area contributed by atoms with Crippen molar-refractivity contribution < 1.29 is 0 Å². The first kappa shape index (κ1) is 36.6. The summed E-state index contributed by atoms with van der Waals surface area (Å²) in [5, 5.41) is 0. The molecule has 0 nitrogen and oxygen atoms in total. The van der Waals surface area contributed by atoms with Crippen molar-refractivity contribution in [3.63, 3.8) is 0 Å². The van der Waals surface area contributed by atoms with E-state index in [-0.39, 0.29) is 27.3 Å². The van der Waals surface area contributed by atoms with E-state index >= 15 is 0 Å². The molecule has 0 heterocycles. The molecule has 0 amide bonds. The Balaban J connectivity index is -0.00000000762. The summed E-state index contributed by atoms with van der Waals surface area (Å²) in [7, 11) is 0. The van der Waals surface area contributed by atoms with E-state index in [9.17, 15) is 0 Å². The van der Waals surface area contributed by atoms with Gasteiger partial charge in [-0.2, -0.15) is 0 Å². The van der Waals surface area contributed by atoms with Gasteiger partial charge >= 0.3 is 27.3 Å². The molecule has 0 aliphatic heterocycles.